The van der Waals surface area contributed by atoms with Crippen molar-refractivity contribution in [2.75, 3.05) is 26.4 Å². The fraction of sp³-hybridized carbons (Fsp3) is 0.412. The number of carbonyl (C=O) groups excluding carboxylic acids is 2. The highest BCUT2D eigenvalue weighted by atomic mass is 16.7. The van der Waals surface area contributed by atoms with Gasteiger partial charge >= 0.3 is 11.8 Å². The maximum atomic E-state index is 12.1. The average molecular weight is 358 g/mol. The molecule has 4 rings (SSSR count). The van der Waals surface area contributed by atoms with Crippen molar-refractivity contribution >= 4 is 11.8 Å². The monoisotopic (exact) mass is 358 g/mol. The van der Waals surface area contributed by atoms with Gasteiger partial charge in [0, 0.05) is 31.6 Å². The Hall–Kier alpha value is -3.10. The van der Waals surface area contributed by atoms with E-state index in [9.17, 15) is 9.59 Å². The number of benzene rings is 1. The highest BCUT2D eigenvalue weighted by Crippen LogP contribution is 2.35. The van der Waals surface area contributed by atoms with Crippen molar-refractivity contribution in [3.05, 3.63) is 24.1 Å². The van der Waals surface area contributed by atoms with Crippen LogP contribution in [0.15, 0.2) is 22.6 Å². The number of nitrogens with one attached hydrogen (secondary N) is 1. The molecular weight excluding hydrogens is 340 g/mol. The molecule has 0 atom stereocenters. The Morgan fingerprint density at radius 1 is 1.23 bits per heavy atom. The van der Waals surface area contributed by atoms with Crippen LogP contribution in [0.25, 0.3) is 11.5 Å². The van der Waals surface area contributed by atoms with Crippen LogP contribution in [0.5, 0.6) is 11.5 Å². The third kappa shape index (κ3) is 3.32. The van der Waals surface area contributed by atoms with Gasteiger partial charge in [-0.15, -0.1) is 10.2 Å². The molecule has 1 saturated heterocycles. The van der Waals surface area contributed by atoms with Gasteiger partial charge in [-0.2, -0.15) is 0 Å². The zero-order chi connectivity index (χ0) is 17.9. The standard InChI is InChI=1S/C17H18N4O5/c22-14-3-1-7-21(14)8-2-6-18-15(23)17-20-19-16(26-17)11-4-5-12-13(9-11)25-10-24-12/h4-5,9H,1-3,6-8,10H2,(H,18,23). The molecule has 0 unspecified atom stereocenters. The SMILES string of the molecule is O=C(NCCCN1CCCC1=O)c1nnc(-c2ccc3c(c2)OCO3)o1. The summed E-state index contributed by atoms with van der Waals surface area (Å²) in [7, 11) is 0. The quantitative estimate of drug-likeness (QED) is 0.773. The van der Waals surface area contributed by atoms with E-state index in [1.807, 2.05) is 4.90 Å². The Kier molecular flexibility index (Phi) is 4.42. The van der Waals surface area contributed by atoms with Gasteiger partial charge < -0.3 is 24.1 Å². The second kappa shape index (κ2) is 7.03. The summed E-state index contributed by atoms with van der Waals surface area (Å²) in [4.78, 5) is 25.4. The highest BCUT2D eigenvalue weighted by molar-refractivity contribution is 5.89. The second-order valence-corrected chi connectivity index (χ2v) is 6.07. The van der Waals surface area contributed by atoms with Crippen LogP contribution in [-0.4, -0.2) is 53.3 Å². The van der Waals surface area contributed by atoms with Crippen LogP contribution in [-0.2, 0) is 4.79 Å². The minimum Gasteiger partial charge on any atom is -0.454 e. The van der Waals surface area contributed by atoms with Crippen LogP contribution in [0.4, 0.5) is 0 Å². The molecule has 2 amide bonds. The molecule has 1 fully saturated rings. The van der Waals surface area contributed by atoms with Gasteiger partial charge in [0.1, 0.15) is 0 Å². The van der Waals surface area contributed by atoms with E-state index < -0.39 is 5.91 Å². The van der Waals surface area contributed by atoms with Gasteiger partial charge in [0.25, 0.3) is 0 Å². The van der Waals surface area contributed by atoms with E-state index in [-0.39, 0.29) is 24.5 Å². The molecule has 2 aliphatic rings. The molecule has 1 aromatic heterocycles. The maximum absolute atomic E-state index is 12.1. The Morgan fingerprint density at radius 2 is 2.12 bits per heavy atom. The second-order valence-electron chi connectivity index (χ2n) is 6.07. The number of rotatable bonds is 6. The number of carbonyl (C=O) groups is 2. The first-order valence-electron chi connectivity index (χ1n) is 8.50. The summed E-state index contributed by atoms with van der Waals surface area (Å²) in [5, 5.41) is 10.4. The Balaban J connectivity index is 1.31. The molecular formula is C17H18N4O5. The van der Waals surface area contributed by atoms with E-state index in [0.717, 1.165) is 13.0 Å². The van der Waals surface area contributed by atoms with Gasteiger partial charge in [0.2, 0.25) is 18.6 Å². The topological polar surface area (TPSA) is 107 Å². The van der Waals surface area contributed by atoms with Crippen LogP contribution in [0, 0.1) is 0 Å². The number of hydrogen-bond acceptors (Lipinski definition) is 7. The van der Waals surface area contributed by atoms with Crippen molar-refractivity contribution in [2.45, 2.75) is 19.3 Å². The molecule has 0 saturated carbocycles. The van der Waals surface area contributed by atoms with Gasteiger partial charge in [0.15, 0.2) is 11.5 Å². The fourth-order valence-electron chi connectivity index (χ4n) is 2.95. The lowest BCUT2D eigenvalue weighted by atomic mass is 10.2. The van der Waals surface area contributed by atoms with E-state index in [0.29, 0.717) is 43.0 Å². The molecule has 3 heterocycles. The average Bonchev–Trinajstić information content (AvgIpc) is 3.38. The van der Waals surface area contributed by atoms with Crippen molar-refractivity contribution in [3.63, 3.8) is 0 Å². The molecule has 0 aliphatic carbocycles. The number of hydrogen-bond donors (Lipinski definition) is 1. The van der Waals surface area contributed by atoms with Crippen LogP contribution >= 0.6 is 0 Å². The Bertz CT molecular complexity index is 834. The summed E-state index contributed by atoms with van der Waals surface area (Å²) < 4.78 is 16.0. The van der Waals surface area contributed by atoms with Crippen molar-refractivity contribution in [1.29, 1.82) is 0 Å². The molecule has 0 spiro atoms. The Morgan fingerprint density at radius 3 is 2.96 bits per heavy atom. The molecule has 2 aromatic rings. The number of ether oxygens (including phenoxy) is 2. The zero-order valence-electron chi connectivity index (χ0n) is 14.1. The summed E-state index contributed by atoms with van der Waals surface area (Å²) in [6.45, 7) is 2.06. The van der Waals surface area contributed by atoms with Crippen molar-refractivity contribution in [3.8, 4) is 23.0 Å². The smallest absolute Gasteiger partial charge is 0.308 e. The summed E-state index contributed by atoms with van der Waals surface area (Å²) in [5.41, 5.74) is 0.647. The molecule has 9 heteroatoms. The molecule has 2 aliphatic heterocycles. The van der Waals surface area contributed by atoms with E-state index in [4.69, 9.17) is 13.9 Å². The molecule has 9 nitrogen and oxygen atoms in total. The summed E-state index contributed by atoms with van der Waals surface area (Å²) >= 11 is 0. The molecule has 1 aromatic carbocycles. The summed E-state index contributed by atoms with van der Waals surface area (Å²) in [6, 6.07) is 5.24. The fourth-order valence-corrected chi connectivity index (χ4v) is 2.95. The van der Waals surface area contributed by atoms with Crippen LogP contribution in [0.3, 0.4) is 0 Å². The Labute approximate surface area is 149 Å². The first kappa shape index (κ1) is 16.4. The third-order valence-corrected chi connectivity index (χ3v) is 4.30. The number of nitrogens with zero attached hydrogens (tertiary/aromatic N) is 3. The molecule has 136 valence electrons. The number of likely N-dealkylation sites (tertiary alicyclic amines) is 1. The molecule has 1 N–H and O–H groups in total. The van der Waals surface area contributed by atoms with Crippen molar-refractivity contribution in [1.82, 2.24) is 20.4 Å². The number of fused-ring (bicyclic) bond motifs is 1. The first-order valence-corrected chi connectivity index (χ1v) is 8.50. The predicted molar refractivity (Wildman–Crippen MR) is 88.6 cm³/mol. The van der Waals surface area contributed by atoms with E-state index in [2.05, 4.69) is 15.5 Å². The van der Waals surface area contributed by atoms with E-state index in [1.54, 1.807) is 18.2 Å². The minimum absolute atomic E-state index is 0.102. The maximum Gasteiger partial charge on any atom is 0.308 e. The third-order valence-electron chi connectivity index (χ3n) is 4.30. The first-order chi connectivity index (χ1) is 12.7. The van der Waals surface area contributed by atoms with E-state index >= 15 is 0 Å². The molecule has 26 heavy (non-hydrogen) atoms. The predicted octanol–water partition coefficient (Wildman–Crippen LogP) is 1.21. The molecule has 0 bridgehead atoms. The van der Waals surface area contributed by atoms with Crippen molar-refractivity contribution in [2.24, 2.45) is 0 Å². The lowest BCUT2D eigenvalue weighted by molar-refractivity contribution is -0.127. The van der Waals surface area contributed by atoms with Crippen LogP contribution < -0.4 is 14.8 Å². The number of amides is 2. The largest absolute Gasteiger partial charge is 0.454 e. The normalized spacial score (nSPS) is 15.5. The lowest BCUT2D eigenvalue weighted by Gasteiger charge is -2.14. The van der Waals surface area contributed by atoms with Crippen LogP contribution in [0.2, 0.25) is 0 Å². The van der Waals surface area contributed by atoms with Gasteiger partial charge in [-0.3, -0.25) is 9.59 Å². The van der Waals surface area contributed by atoms with Gasteiger partial charge in [0.05, 0.1) is 0 Å². The van der Waals surface area contributed by atoms with Gasteiger partial charge in [-0.05, 0) is 31.0 Å². The van der Waals surface area contributed by atoms with Crippen molar-refractivity contribution < 1.29 is 23.5 Å². The van der Waals surface area contributed by atoms with Crippen LogP contribution in [0.1, 0.15) is 29.9 Å². The summed E-state index contributed by atoms with van der Waals surface area (Å²) in [5.74, 6) is 1.13. The lowest BCUT2D eigenvalue weighted by Crippen LogP contribution is -2.30. The van der Waals surface area contributed by atoms with E-state index in [1.165, 1.54) is 0 Å². The molecule has 0 radical (unpaired) electrons. The summed E-state index contributed by atoms with van der Waals surface area (Å²) in [6.07, 6.45) is 2.22. The van der Waals surface area contributed by atoms with Gasteiger partial charge in [-0.1, -0.05) is 0 Å². The van der Waals surface area contributed by atoms with Gasteiger partial charge in [-0.25, -0.2) is 0 Å². The highest BCUT2D eigenvalue weighted by Gasteiger charge is 2.21. The minimum atomic E-state index is -0.433. The number of aromatic nitrogens is 2. The zero-order valence-corrected chi connectivity index (χ0v) is 14.1.